The summed E-state index contributed by atoms with van der Waals surface area (Å²) in [6.07, 6.45) is -4.62. The smallest absolute Gasteiger partial charge is 0.433 e. The molecular formula is C12H5Cl2F3N2O2. The van der Waals surface area contributed by atoms with Crippen LogP contribution in [0.25, 0.3) is 11.3 Å². The van der Waals surface area contributed by atoms with Crippen LogP contribution in [0.3, 0.4) is 0 Å². The third kappa shape index (κ3) is 3.25. The normalized spacial score (nSPS) is 11.5. The van der Waals surface area contributed by atoms with Gasteiger partial charge in [0.25, 0.3) is 0 Å². The molecule has 4 nitrogen and oxygen atoms in total. The van der Waals surface area contributed by atoms with Gasteiger partial charge in [0, 0.05) is 5.56 Å². The van der Waals surface area contributed by atoms with E-state index in [1.807, 2.05) is 0 Å². The fraction of sp³-hybridized carbons (Fsp3) is 0.0833. The van der Waals surface area contributed by atoms with E-state index in [-0.39, 0.29) is 16.3 Å². The van der Waals surface area contributed by atoms with Crippen molar-refractivity contribution in [2.45, 2.75) is 6.18 Å². The average molecular weight is 337 g/mol. The number of carbonyl (C=O) groups is 1. The van der Waals surface area contributed by atoms with E-state index in [0.717, 1.165) is 12.1 Å². The molecule has 0 atom stereocenters. The number of nitrogens with zero attached hydrogens (tertiary/aromatic N) is 2. The second-order valence-corrected chi connectivity index (χ2v) is 4.63. The van der Waals surface area contributed by atoms with E-state index >= 15 is 0 Å². The Morgan fingerprint density at radius 3 is 2.29 bits per heavy atom. The largest absolute Gasteiger partial charge is 0.476 e. The summed E-state index contributed by atoms with van der Waals surface area (Å²) in [6, 6.07) is 4.41. The molecule has 0 aromatic carbocycles. The summed E-state index contributed by atoms with van der Waals surface area (Å²) in [6.45, 7) is 0. The molecular weight excluding hydrogens is 332 g/mol. The number of rotatable bonds is 2. The maximum absolute atomic E-state index is 12.5. The molecule has 0 aliphatic heterocycles. The Labute approximate surface area is 126 Å². The molecule has 1 N–H and O–H groups in total. The first-order valence-electron chi connectivity index (χ1n) is 5.34. The minimum absolute atomic E-state index is 0.0584. The molecule has 0 amide bonds. The zero-order chi connectivity index (χ0) is 15.8. The quantitative estimate of drug-likeness (QED) is 0.836. The maximum atomic E-state index is 12.5. The lowest BCUT2D eigenvalue weighted by molar-refractivity contribution is -0.141. The first kappa shape index (κ1) is 15.5. The minimum atomic E-state index is -4.62. The summed E-state index contributed by atoms with van der Waals surface area (Å²) in [4.78, 5) is 17.9. The van der Waals surface area contributed by atoms with E-state index in [0.29, 0.717) is 0 Å². The summed E-state index contributed by atoms with van der Waals surface area (Å²) < 4.78 is 37.5. The SMILES string of the molecule is O=C(O)c1nc(-c2ccc(C(F)(F)F)nc2Cl)ccc1Cl. The van der Waals surface area contributed by atoms with Gasteiger partial charge in [-0.15, -0.1) is 0 Å². The van der Waals surface area contributed by atoms with E-state index in [1.165, 1.54) is 12.1 Å². The zero-order valence-corrected chi connectivity index (χ0v) is 11.5. The molecule has 0 aliphatic carbocycles. The van der Waals surface area contributed by atoms with Crippen molar-refractivity contribution in [2.24, 2.45) is 0 Å². The number of pyridine rings is 2. The van der Waals surface area contributed by atoms with Gasteiger partial charge >= 0.3 is 12.1 Å². The van der Waals surface area contributed by atoms with E-state index in [2.05, 4.69) is 9.97 Å². The number of alkyl halides is 3. The maximum Gasteiger partial charge on any atom is 0.433 e. The lowest BCUT2D eigenvalue weighted by Crippen LogP contribution is -2.08. The third-order valence-corrected chi connectivity index (χ3v) is 3.06. The summed E-state index contributed by atoms with van der Waals surface area (Å²) >= 11 is 11.4. The van der Waals surface area contributed by atoms with Gasteiger partial charge in [0.1, 0.15) is 10.8 Å². The number of aromatic carboxylic acids is 1. The number of halogens is 5. The van der Waals surface area contributed by atoms with E-state index in [4.69, 9.17) is 28.3 Å². The Bertz CT molecular complexity index is 720. The van der Waals surface area contributed by atoms with E-state index < -0.39 is 28.7 Å². The zero-order valence-electron chi connectivity index (χ0n) is 9.95. The van der Waals surface area contributed by atoms with Gasteiger partial charge in [0.2, 0.25) is 0 Å². The second kappa shape index (κ2) is 5.50. The van der Waals surface area contributed by atoms with Crippen molar-refractivity contribution in [1.82, 2.24) is 9.97 Å². The molecule has 0 saturated heterocycles. The molecule has 2 aromatic rings. The molecule has 9 heteroatoms. The minimum Gasteiger partial charge on any atom is -0.476 e. The van der Waals surface area contributed by atoms with Crippen LogP contribution < -0.4 is 0 Å². The molecule has 110 valence electrons. The van der Waals surface area contributed by atoms with E-state index in [1.54, 1.807) is 0 Å². The van der Waals surface area contributed by atoms with Crippen LogP contribution in [0.5, 0.6) is 0 Å². The molecule has 21 heavy (non-hydrogen) atoms. The van der Waals surface area contributed by atoms with Crippen molar-refractivity contribution in [3.8, 4) is 11.3 Å². The van der Waals surface area contributed by atoms with Gasteiger partial charge in [0.05, 0.1) is 10.7 Å². The van der Waals surface area contributed by atoms with Gasteiger partial charge in [-0.05, 0) is 24.3 Å². The number of hydrogen-bond acceptors (Lipinski definition) is 3. The summed E-state index contributed by atoms with van der Waals surface area (Å²) in [5.41, 5.74) is -1.44. The van der Waals surface area contributed by atoms with Crippen molar-refractivity contribution in [3.63, 3.8) is 0 Å². The Morgan fingerprint density at radius 1 is 1.10 bits per heavy atom. The van der Waals surface area contributed by atoms with Crippen molar-refractivity contribution in [1.29, 1.82) is 0 Å². The summed E-state index contributed by atoms with van der Waals surface area (Å²) in [7, 11) is 0. The molecule has 0 bridgehead atoms. The fourth-order valence-electron chi connectivity index (χ4n) is 1.53. The number of carboxylic acids is 1. The van der Waals surface area contributed by atoms with Crippen LogP contribution >= 0.6 is 23.2 Å². The molecule has 2 heterocycles. The molecule has 0 unspecified atom stereocenters. The number of carboxylic acid groups (broad SMARTS) is 1. The molecule has 0 radical (unpaired) electrons. The van der Waals surface area contributed by atoms with Crippen molar-refractivity contribution >= 4 is 29.2 Å². The third-order valence-electron chi connectivity index (χ3n) is 2.46. The highest BCUT2D eigenvalue weighted by atomic mass is 35.5. The Morgan fingerprint density at radius 2 is 1.76 bits per heavy atom. The monoisotopic (exact) mass is 336 g/mol. The van der Waals surface area contributed by atoms with Crippen LogP contribution in [-0.4, -0.2) is 21.0 Å². The molecule has 0 spiro atoms. The van der Waals surface area contributed by atoms with Crippen LogP contribution in [0.1, 0.15) is 16.2 Å². The topological polar surface area (TPSA) is 63.1 Å². The molecule has 0 fully saturated rings. The van der Waals surface area contributed by atoms with Gasteiger partial charge in [-0.25, -0.2) is 14.8 Å². The number of hydrogen-bond donors (Lipinski definition) is 1. The number of aromatic nitrogens is 2. The lowest BCUT2D eigenvalue weighted by Gasteiger charge is -2.09. The second-order valence-electron chi connectivity index (χ2n) is 3.86. The van der Waals surface area contributed by atoms with Crippen molar-refractivity contribution < 1.29 is 23.1 Å². The lowest BCUT2D eigenvalue weighted by atomic mass is 10.1. The van der Waals surface area contributed by atoms with Gasteiger partial charge in [-0.2, -0.15) is 13.2 Å². The highest BCUT2D eigenvalue weighted by Crippen LogP contribution is 2.33. The molecule has 2 rings (SSSR count). The van der Waals surface area contributed by atoms with Crippen molar-refractivity contribution in [2.75, 3.05) is 0 Å². The first-order chi connectivity index (χ1) is 9.70. The Hall–Kier alpha value is -1.86. The van der Waals surface area contributed by atoms with Gasteiger partial charge in [-0.1, -0.05) is 23.2 Å². The predicted octanol–water partition coefficient (Wildman–Crippen LogP) is 4.17. The van der Waals surface area contributed by atoms with Gasteiger partial charge in [0.15, 0.2) is 5.69 Å². The predicted molar refractivity (Wildman–Crippen MR) is 69.4 cm³/mol. The first-order valence-corrected chi connectivity index (χ1v) is 6.09. The Kier molecular flexibility index (Phi) is 4.06. The highest BCUT2D eigenvalue weighted by Gasteiger charge is 2.33. The van der Waals surface area contributed by atoms with Crippen LogP contribution in [0.15, 0.2) is 24.3 Å². The Balaban J connectivity index is 2.53. The summed E-state index contributed by atoms with van der Waals surface area (Å²) in [5, 5.41) is 8.38. The fourth-order valence-corrected chi connectivity index (χ4v) is 1.96. The van der Waals surface area contributed by atoms with Gasteiger partial charge < -0.3 is 5.11 Å². The van der Waals surface area contributed by atoms with Crippen LogP contribution in [0.4, 0.5) is 13.2 Å². The van der Waals surface area contributed by atoms with Crippen LogP contribution in [0.2, 0.25) is 10.2 Å². The van der Waals surface area contributed by atoms with Crippen molar-refractivity contribution in [3.05, 3.63) is 45.8 Å². The van der Waals surface area contributed by atoms with Crippen LogP contribution in [-0.2, 0) is 6.18 Å². The van der Waals surface area contributed by atoms with Crippen LogP contribution in [0, 0.1) is 0 Å². The molecule has 2 aromatic heterocycles. The average Bonchev–Trinajstić information content (AvgIpc) is 2.38. The molecule has 0 aliphatic rings. The van der Waals surface area contributed by atoms with Gasteiger partial charge in [-0.3, -0.25) is 0 Å². The van der Waals surface area contributed by atoms with E-state index in [9.17, 15) is 18.0 Å². The molecule has 0 saturated carbocycles. The standard InChI is InChI=1S/C12H5Cl2F3N2O2/c13-6-2-3-7(18-9(6)11(20)21)5-1-4-8(12(15,16)17)19-10(5)14/h1-4H,(H,20,21). The highest BCUT2D eigenvalue weighted by molar-refractivity contribution is 6.33. The summed E-state index contributed by atoms with van der Waals surface area (Å²) in [5.74, 6) is -1.36.